The largest absolute Gasteiger partial charge is 0.493 e. The molecule has 3 aromatic rings. The van der Waals surface area contributed by atoms with Crippen molar-refractivity contribution in [2.24, 2.45) is 0 Å². The molecule has 0 aliphatic rings. The van der Waals surface area contributed by atoms with Gasteiger partial charge in [-0.1, -0.05) is 54.1 Å². The summed E-state index contributed by atoms with van der Waals surface area (Å²) < 4.78 is 16.3. The molecule has 6 heteroatoms. The van der Waals surface area contributed by atoms with Crippen LogP contribution in [0.1, 0.15) is 12.5 Å². The number of methoxy groups -OCH3 is 2. The van der Waals surface area contributed by atoms with Crippen molar-refractivity contribution < 1.29 is 19.0 Å². The third-order valence-electron chi connectivity index (χ3n) is 4.65. The molecule has 1 atom stereocenters. The maximum atomic E-state index is 12.5. The summed E-state index contributed by atoms with van der Waals surface area (Å²) in [4.78, 5) is 12.5. The summed E-state index contributed by atoms with van der Waals surface area (Å²) in [5.41, 5.74) is 2.94. The maximum Gasteiger partial charge on any atom is 0.261 e. The van der Waals surface area contributed by atoms with Crippen molar-refractivity contribution in [1.29, 1.82) is 0 Å². The molecule has 0 aromatic heterocycles. The van der Waals surface area contributed by atoms with E-state index in [1.165, 1.54) is 0 Å². The fourth-order valence-electron chi connectivity index (χ4n) is 2.97. The molecule has 5 nitrogen and oxygen atoms in total. The van der Waals surface area contributed by atoms with Crippen LogP contribution in [0, 0.1) is 0 Å². The van der Waals surface area contributed by atoms with E-state index in [4.69, 9.17) is 25.8 Å². The standard InChI is InChI=1S/C24H24ClNO4/c1-16(30-20-11-9-18(10-12-20)17-7-5-4-6-8-17)24(27)26-15-19-13-22(28-2)23(29-3)14-21(19)25/h4-14,16H,15H2,1-3H3,(H,26,27). The minimum atomic E-state index is -0.661. The number of benzene rings is 3. The quantitative estimate of drug-likeness (QED) is 0.545. The van der Waals surface area contributed by atoms with E-state index in [2.05, 4.69) is 5.32 Å². The lowest BCUT2D eigenvalue weighted by molar-refractivity contribution is -0.127. The molecule has 0 saturated heterocycles. The second-order valence-corrected chi connectivity index (χ2v) is 7.07. The third kappa shape index (κ3) is 5.24. The van der Waals surface area contributed by atoms with Crippen LogP contribution in [0.3, 0.4) is 0 Å². The van der Waals surface area contributed by atoms with Crippen molar-refractivity contribution in [3.05, 3.63) is 77.3 Å². The van der Waals surface area contributed by atoms with E-state index in [9.17, 15) is 4.79 Å². The second-order valence-electron chi connectivity index (χ2n) is 6.67. The molecule has 0 radical (unpaired) electrons. The predicted molar refractivity (Wildman–Crippen MR) is 118 cm³/mol. The first-order chi connectivity index (χ1) is 14.5. The number of carbonyl (C=O) groups excluding carboxylic acids is 1. The Labute approximate surface area is 181 Å². The van der Waals surface area contributed by atoms with Gasteiger partial charge in [0.1, 0.15) is 5.75 Å². The van der Waals surface area contributed by atoms with Crippen LogP contribution in [0.5, 0.6) is 17.2 Å². The highest BCUT2D eigenvalue weighted by molar-refractivity contribution is 6.31. The molecule has 3 rings (SSSR count). The van der Waals surface area contributed by atoms with Gasteiger partial charge in [0.2, 0.25) is 0 Å². The number of carbonyl (C=O) groups is 1. The van der Waals surface area contributed by atoms with Gasteiger partial charge in [0, 0.05) is 17.6 Å². The third-order valence-corrected chi connectivity index (χ3v) is 5.00. The van der Waals surface area contributed by atoms with Gasteiger partial charge in [0.05, 0.1) is 14.2 Å². The topological polar surface area (TPSA) is 56.8 Å². The van der Waals surface area contributed by atoms with Crippen molar-refractivity contribution in [2.75, 3.05) is 14.2 Å². The molecule has 0 spiro atoms. The van der Waals surface area contributed by atoms with Gasteiger partial charge in [-0.3, -0.25) is 4.79 Å². The minimum Gasteiger partial charge on any atom is -0.493 e. The van der Waals surface area contributed by atoms with Crippen LogP contribution < -0.4 is 19.5 Å². The summed E-state index contributed by atoms with van der Waals surface area (Å²) in [6.07, 6.45) is -0.661. The number of nitrogens with one attached hydrogen (secondary N) is 1. The molecule has 1 N–H and O–H groups in total. The molecule has 0 aliphatic carbocycles. The molecule has 1 amide bonds. The lowest BCUT2D eigenvalue weighted by Crippen LogP contribution is -2.35. The van der Waals surface area contributed by atoms with Gasteiger partial charge in [-0.15, -0.1) is 0 Å². The lowest BCUT2D eigenvalue weighted by Gasteiger charge is -2.16. The van der Waals surface area contributed by atoms with Gasteiger partial charge in [-0.25, -0.2) is 0 Å². The number of rotatable bonds is 8. The summed E-state index contributed by atoms with van der Waals surface area (Å²) in [5.74, 6) is 1.47. The molecule has 1 unspecified atom stereocenters. The SMILES string of the molecule is COc1cc(Cl)c(CNC(=O)C(C)Oc2ccc(-c3ccccc3)cc2)cc1OC. The highest BCUT2D eigenvalue weighted by Gasteiger charge is 2.16. The molecule has 0 bridgehead atoms. The molecular weight excluding hydrogens is 402 g/mol. The second kappa shape index (κ2) is 10.0. The van der Waals surface area contributed by atoms with Gasteiger partial charge in [-0.05, 0) is 41.8 Å². The van der Waals surface area contributed by atoms with Crippen molar-refractivity contribution in [1.82, 2.24) is 5.32 Å². The van der Waals surface area contributed by atoms with Crippen molar-refractivity contribution in [3.8, 4) is 28.4 Å². The van der Waals surface area contributed by atoms with Crippen LogP contribution in [0.4, 0.5) is 0 Å². The number of halogens is 1. The average Bonchev–Trinajstić information content (AvgIpc) is 2.78. The van der Waals surface area contributed by atoms with Crippen molar-refractivity contribution in [3.63, 3.8) is 0 Å². The van der Waals surface area contributed by atoms with Gasteiger partial charge in [0.15, 0.2) is 17.6 Å². The Balaban J connectivity index is 1.59. The fourth-order valence-corrected chi connectivity index (χ4v) is 3.19. The number of ether oxygens (including phenoxy) is 3. The molecule has 0 heterocycles. The van der Waals surface area contributed by atoms with Gasteiger partial charge in [0.25, 0.3) is 5.91 Å². The Kier molecular flexibility index (Phi) is 7.20. The smallest absolute Gasteiger partial charge is 0.261 e. The van der Waals surface area contributed by atoms with E-state index in [1.807, 2.05) is 54.6 Å². The first kappa shape index (κ1) is 21.5. The van der Waals surface area contributed by atoms with Crippen molar-refractivity contribution >= 4 is 17.5 Å². The lowest BCUT2D eigenvalue weighted by atomic mass is 10.1. The van der Waals surface area contributed by atoms with Crippen molar-refractivity contribution in [2.45, 2.75) is 19.6 Å². The minimum absolute atomic E-state index is 0.243. The first-order valence-corrected chi connectivity index (χ1v) is 9.90. The van der Waals surface area contributed by atoms with Crippen LogP contribution in [-0.4, -0.2) is 26.2 Å². The van der Waals surface area contributed by atoms with E-state index < -0.39 is 6.10 Å². The van der Waals surface area contributed by atoms with E-state index in [0.29, 0.717) is 22.3 Å². The zero-order chi connectivity index (χ0) is 21.5. The number of hydrogen-bond acceptors (Lipinski definition) is 4. The van der Waals surface area contributed by atoms with Crippen LogP contribution in [0.15, 0.2) is 66.7 Å². The first-order valence-electron chi connectivity index (χ1n) is 9.52. The van der Waals surface area contributed by atoms with E-state index in [-0.39, 0.29) is 12.5 Å². The number of amides is 1. The van der Waals surface area contributed by atoms with Crippen LogP contribution in [-0.2, 0) is 11.3 Å². The molecule has 0 fully saturated rings. The maximum absolute atomic E-state index is 12.5. The zero-order valence-corrected chi connectivity index (χ0v) is 17.9. The van der Waals surface area contributed by atoms with Crippen LogP contribution in [0.25, 0.3) is 11.1 Å². The fraction of sp³-hybridized carbons (Fsp3) is 0.208. The molecular formula is C24H24ClNO4. The summed E-state index contributed by atoms with van der Waals surface area (Å²) in [5, 5.41) is 3.33. The monoisotopic (exact) mass is 425 g/mol. The van der Waals surface area contributed by atoms with E-state index in [1.54, 1.807) is 33.3 Å². The summed E-state index contributed by atoms with van der Waals surface area (Å²) in [6, 6.07) is 21.1. The van der Waals surface area contributed by atoms with Crippen LogP contribution in [0.2, 0.25) is 5.02 Å². The van der Waals surface area contributed by atoms with Crippen LogP contribution >= 0.6 is 11.6 Å². The molecule has 0 saturated carbocycles. The van der Waals surface area contributed by atoms with E-state index >= 15 is 0 Å². The molecule has 30 heavy (non-hydrogen) atoms. The Morgan fingerprint density at radius 3 is 2.17 bits per heavy atom. The Morgan fingerprint density at radius 1 is 0.933 bits per heavy atom. The molecule has 3 aromatic carbocycles. The van der Waals surface area contributed by atoms with Gasteiger partial charge >= 0.3 is 0 Å². The normalized spacial score (nSPS) is 11.5. The Morgan fingerprint density at radius 2 is 1.53 bits per heavy atom. The highest BCUT2D eigenvalue weighted by Crippen LogP contribution is 2.33. The average molecular weight is 426 g/mol. The highest BCUT2D eigenvalue weighted by atomic mass is 35.5. The van der Waals surface area contributed by atoms with Gasteiger partial charge in [-0.2, -0.15) is 0 Å². The van der Waals surface area contributed by atoms with E-state index in [0.717, 1.165) is 16.7 Å². The predicted octanol–water partition coefficient (Wildman–Crippen LogP) is 5.11. The summed E-state index contributed by atoms with van der Waals surface area (Å²) in [7, 11) is 3.09. The Bertz CT molecular complexity index is 990. The molecule has 156 valence electrons. The number of hydrogen-bond donors (Lipinski definition) is 1. The Hall–Kier alpha value is -3.18. The summed E-state index contributed by atoms with van der Waals surface area (Å²) in [6.45, 7) is 1.95. The van der Waals surface area contributed by atoms with Gasteiger partial charge < -0.3 is 19.5 Å². The zero-order valence-electron chi connectivity index (χ0n) is 17.1. The summed E-state index contributed by atoms with van der Waals surface area (Å²) >= 11 is 6.28. The molecule has 0 aliphatic heterocycles.